The second-order valence-electron chi connectivity index (χ2n) is 10.4. The van der Waals surface area contributed by atoms with Crippen LogP contribution in [0.25, 0.3) is 0 Å². The fourth-order valence-electron chi connectivity index (χ4n) is 4.37. The van der Waals surface area contributed by atoms with E-state index in [0.717, 1.165) is 5.56 Å². The molecule has 1 atom stereocenters. The summed E-state index contributed by atoms with van der Waals surface area (Å²) in [6.45, 7) is 3.38. The first-order chi connectivity index (χ1) is 19.3. The van der Waals surface area contributed by atoms with Crippen LogP contribution in [0.3, 0.4) is 0 Å². The number of nitrogens with one attached hydrogen (secondary N) is 1. The lowest BCUT2D eigenvalue weighted by Crippen LogP contribution is -2.57. The third-order valence-corrected chi connectivity index (χ3v) is 6.53. The molecule has 1 aliphatic rings. The van der Waals surface area contributed by atoms with Crippen molar-refractivity contribution in [2.75, 3.05) is 11.5 Å². The van der Waals surface area contributed by atoms with Crippen molar-refractivity contribution < 1.29 is 32.3 Å². The van der Waals surface area contributed by atoms with Crippen LogP contribution in [0.5, 0.6) is 0 Å². The molecular weight excluding hydrogens is 537 g/mol. The Kier molecular flexibility index (Phi) is 8.79. The maximum atomic E-state index is 13.6. The van der Waals surface area contributed by atoms with Crippen LogP contribution < -0.4 is 16.0 Å². The number of para-hydroxylation sites is 1. The molecule has 0 saturated carbocycles. The summed E-state index contributed by atoms with van der Waals surface area (Å²) in [5.74, 6) is -3.00. The molecule has 8 nitrogen and oxygen atoms in total. The monoisotopic (exact) mass is 568 g/mol. The Morgan fingerprint density at radius 1 is 0.927 bits per heavy atom. The highest BCUT2D eigenvalue weighted by Gasteiger charge is 2.44. The lowest BCUT2D eigenvalue weighted by molar-refractivity contribution is -0.169. The zero-order chi connectivity index (χ0) is 29.8. The molecule has 0 aliphatic carbocycles. The highest BCUT2D eigenvalue weighted by atomic mass is 19.4. The van der Waals surface area contributed by atoms with Gasteiger partial charge in [0.15, 0.2) is 0 Å². The minimum atomic E-state index is -5.10. The third-order valence-electron chi connectivity index (χ3n) is 6.53. The van der Waals surface area contributed by atoms with Gasteiger partial charge in [-0.05, 0) is 54.8 Å². The van der Waals surface area contributed by atoms with Gasteiger partial charge in [0.1, 0.15) is 6.04 Å². The van der Waals surface area contributed by atoms with E-state index in [1.165, 1.54) is 55.1 Å². The molecule has 1 heterocycles. The van der Waals surface area contributed by atoms with Gasteiger partial charge in [0.25, 0.3) is 0 Å². The Balaban J connectivity index is 1.54. The van der Waals surface area contributed by atoms with Crippen molar-refractivity contribution in [3.8, 4) is 0 Å². The van der Waals surface area contributed by atoms with E-state index >= 15 is 0 Å². The maximum absolute atomic E-state index is 13.6. The van der Waals surface area contributed by atoms with Crippen molar-refractivity contribution >= 4 is 29.1 Å². The molecule has 0 fully saturated rings. The molecule has 0 radical (unpaired) electrons. The molecule has 3 aromatic carbocycles. The number of nitrogens with two attached hydrogens (primary N) is 1. The number of halogens is 3. The quantitative estimate of drug-likeness (QED) is 0.403. The number of ether oxygens (including phenoxy) is 1. The number of rotatable bonds is 9. The molecule has 4 rings (SSSR count). The van der Waals surface area contributed by atoms with E-state index in [1.54, 1.807) is 12.1 Å². The average Bonchev–Trinajstić information content (AvgIpc) is 3.36. The Bertz CT molecular complexity index is 1390. The van der Waals surface area contributed by atoms with Gasteiger partial charge >= 0.3 is 12.1 Å². The number of amides is 3. The molecule has 0 saturated heterocycles. The van der Waals surface area contributed by atoms with Gasteiger partial charge in [-0.3, -0.25) is 19.3 Å². The minimum absolute atomic E-state index is 0.0208. The second kappa shape index (κ2) is 12.1. The number of carbonyl (C=O) groups excluding carboxylic acids is 3. The maximum Gasteiger partial charge on any atom is 0.472 e. The Hall–Kier alpha value is -4.22. The van der Waals surface area contributed by atoms with Gasteiger partial charge in [-0.1, -0.05) is 54.6 Å². The zero-order valence-electron chi connectivity index (χ0n) is 22.6. The van der Waals surface area contributed by atoms with Crippen molar-refractivity contribution in [3.63, 3.8) is 0 Å². The summed E-state index contributed by atoms with van der Waals surface area (Å²) >= 11 is 0. The van der Waals surface area contributed by atoms with Crippen LogP contribution >= 0.6 is 0 Å². The van der Waals surface area contributed by atoms with Gasteiger partial charge in [-0.25, -0.2) is 0 Å². The summed E-state index contributed by atoms with van der Waals surface area (Å²) in [5, 5.41) is 2.67. The first-order valence-electron chi connectivity index (χ1n) is 12.9. The molecular formula is C30H31F3N4O4. The summed E-state index contributed by atoms with van der Waals surface area (Å²) in [6.07, 6.45) is -5.10. The number of hydrogen-bond donors (Lipinski definition) is 2. The van der Waals surface area contributed by atoms with Crippen LogP contribution in [0.15, 0.2) is 78.9 Å². The molecule has 1 aliphatic heterocycles. The van der Waals surface area contributed by atoms with Crippen LogP contribution in [0.2, 0.25) is 0 Å². The fraction of sp³-hybridized carbons (Fsp3) is 0.300. The van der Waals surface area contributed by atoms with E-state index in [1.807, 2.05) is 30.3 Å². The normalized spacial score (nSPS) is 13.9. The first kappa shape index (κ1) is 29.8. The molecule has 0 bridgehead atoms. The van der Waals surface area contributed by atoms with Crippen molar-refractivity contribution in [2.24, 2.45) is 5.73 Å². The van der Waals surface area contributed by atoms with E-state index in [0.29, 0.717) is 16.0 Å². The average molecular weight is 569 g/mol. The molecule has 11 heteroatoms. The summed E-state index contributed by atoms with van der Waals surface area (Å²) in [6, 6.07) is 20.3. The van der Waals surface area contributed by atoms with Gasteiger partial charge in [0.2, 0.25) is 11.8 Å². The predicted octanol–water partition coefficient (Wildman–Crippen LogP) is 4.19. The Morgan fingerprint density at radius 2 is 1.54 bits per heavy atom. The molecule has 3 N–H and O–H groups in total. The summed E-state index contributed by atoms with van der Waals surface area (Å²) < 4.78 is 46.3. The number of fused-ring (bicyclic) bond motifs is 1. The molecule has 3 aromatic rings. The summed E-state index contributed by atoms with van der Waals surface area (Å²) in [4.78, 5) is 40.7. The Morgan fingerprint density at radius 3 is 2.15 bits per heavy atom. The van der Waals surface area contributed by atoms with E-state index in [2.05, 4.69) is 5.32 Å². The van der Waals surface area contributed by atoms with Crippen molar-refractivity contribution in [1.82, 2.24) is 10.2 Å². The van der Waals surface area contributed by atoms with Gasteiger partial charge in [0, 0.05) is 24.5 Å². The van der Waals surface area contributed by atoms with E-state index in [-0.39, 0.29) is 37.7 Å². The molecule has 0 spiro atoms. The zero-order valence-corrected chi connectivity index (χ0v) is 22.6. The lowest BCUT2D eigenvalue weighted by atomic mass is 10.1. The second-order valence-corrected chi connectivity index (χ2v) is 10.4. The molecule has 3 amide bonds. The van der Waals surface area contributed by atoms with Crippen molar-refractivity contribution in [1.29, 1.82) is 0 Å². The number of nitrogens with zero attached hydrogens (tertiary/aromatic N) is 2. The van der Waals surface area contributed by atoms with Crippen LogP contribution in [0.1, 0.15) is 30.5 Å². The standard InChI is InChI=1S/C30H31F3N4O4/c1-29(2,34)27(39)35-25(19-41-18-20-9-5-3-6-10-20)26(38)36-16-21-13-14-24(15-22(21)17-36)37(28(40)30(31,32)33)23-11-7-4-8-12-23/h3-15,25H,16-19,34H2,1-2H3,(H,35,39). The minimum Gasteiger partial charge on any atom is -0.374 e. The lowest BCUT2D eigenvalue weighted by Gasteiger charge is -2.27. The van der Waals surface area contributed by atoms with E-state index < -0.39 is 35.5 Å². The van der Waals surface area contributed by atoms with Gasteiger partial charge in [-0.2, -0.15) is 13.2 Å². The summed E-state index contributed by atoms with van der Waals surface area (Å²) in [7, 11) is 0. The number of anilines is 2. The molecule has 0 aromatic heterocycles. The van der Waals surface area contributed by atoms with Gasteiger partial charge in [-0.15, -0.1) is 0 Å². The largest absolute Gasteiger partial charge is 0.472 e. The number of benzene rings is 3. The Labute approximate surface area is 235 Å². The number of carbonyl (C=O) groups is 3. The van der Waals surface area contributed by atoms with Crippen molar-refractivity contribution in [3.05, 3.63) is 95.6 Å². The fourth-order valence-corrected chi connectivity index (χ4v) is 4.37. The van der Waals surface area contributed by atoms with Crippen LogP contribution in [-0.2, 0) is 38.8 Å². The molecule has 41 heavy (non-hydrogen) atoms. The number of hydrogen-bond acceptors (Lipinski definition) is 5. The van der Waals surface area contributed by atoms with Gasteiger partial charge < -0.3 is 20.7 Å². The highest BCUT2D eigenvalue weighted by molar-refractivity contribution is 6.03. The predicted molar refractivity (Wildman–Crippen MR) is 147 cm³/mol. The molecule has 216 valence electrons. The van der Waals surface area contributed by atoms with Crippen LogP contribution in [-0.4, -0.2) is 47.0 Å². The summed E-state index contributed by atoms with van der Waals surface area (Å²) in [5.41, 5.74) is 6.95. The van der Waals surface area contributed by atoms with E-state index in [9.17, 15) is 27.6 Å². The smallest absolute Gasteiger partial charge is 0.374 e. The van der Waals surface area contributed by atoms with E-state index in [4.69, 9.17) is 10.5 Å². The van der Waals surface area contributed by atoms with Crippen molar-refractivity contribution in [2.45, 2.75) is 51.3 Å². The third kappa shape index (κ3) is 7.30. The van der Waals surface area contributed by atoms with Crippen LogP contribution in [0.4, 0.5) is 24.5 Å². The SMILES string of the molecule is CC(C)(N)C(=O)NC(COCc1ccccc1)C(=O)N1Cc2ccc(N(C(=O)C(F)(F)F)c3ccccc3)cc2C1. The van der Waals surface area contributed by atoms with Gasteiger partial charge in [0.05, 0.1) is 18.8 Å². The number of alkyl halides is 3. The highest BCUT2D eigenvalue weighted by Crippen LogP contribution is 2.34. The molecule has 1 unspecified atom stereocenters. The van der Waals surface area contributed by atoms with Crippen LogP contribution in [0, 0.1) is 0 Å². The first-order valence-corrected chi connectivity index (χ1v) is 12.9. The topological polar surface area (TPSA) is 105 Å².